The lowest BCUT2D eigenvalue weighted by molar-refractivity contribution is 0.454. The first kappa shape index (κ1) is 10.0. The Bertz CT molecular complexity index is 445. The Kier molecular flexibility index (Phi) is 2.91. The number of anilines is 1. The molecule has 0 aliphatic carbocycles. The molecule has 0 fully saturated rings. The number of nitrogens with two attached hydrogens (primary N) is 1. The Morgan fingerprint density at radius 3 is 3.00 bits per heavy atom. The largest absolute Gasteiger partial charge is 0.440 e. The third-order valence-electron chi connectivity index (χ3n) is 1.87. The molecule has 0 radical (unpaired) electrons. The van der Waals surface area contributed by atoms with Gasteiger partial charge in [0.1, 0.15) is 12.1 Å². The monoisotopic (exact) mass is 224 g/mol. The fraction of sp³-hybridized carbons (Fsp3) is 0.100. The van der Waals surface area contributed by atoms with Crippen LogP contribution in [0.1, 0.15) is 5.56 Å². The number of rotatable bonds is 3. The second-order valence-corrected chi connectivity index (χ2v) is 3.86. The van der Waals surface area contributed by atoms with Gasteiger partial charge in [-0.15, -0.1) is 0 Å². The van der Waals surface area contributed by atoms with Gasteiger partial charge >= 0.3 is 0 Å². The number of halogens is 1. The van der Waals surface area contributed by atoms with Crippen LogP contribution in [-0.2, 0) is 5.75 Å². The number of hydrogen-bond acceptors (Lipinski definition) is 4. The maximum atomic E-state index is 12.7. The van der Waals surface area contributed by atoms with Crippen LogP contribution in [0.5, 0.6) is 0 Å². The predicted molar refractivity (Wildman–Crippen MR) is 56.9 cm³/mol. The zero-order chi connectivity index (χ0) is 10.7. The van der Waals surface area contributed by atoms with E-state index in [1.807, 2.05) is 0 Å². The smallest absolute Gasteiger partial charge is 0.255 e. The van der Waals surface area contributed by atoms with Crippen LogP contribution in [0.25, 0.3) is 0 Å². The molecule has 2 rings (SSSR count). The fourth-order valence-corrected chi connectivity index (χ4v) is 1.92. The van der Waals surface area contributed by atoms with Gasteiger partial charge in [-0.1, -0.05) is 17.8 Å². The Balaban J connectivity index is 2.05. The van der Waals surface area contributed by atoms with Crippen molar-refractivity contribution in [1.29, 1.82) is 0 Å². The second kappa shape index (κ2) is 4.35. The van der Waals surface area contributed by atoms with Crippen LogP contribution in [-0.4, -0.2) is 4.98 Å². The number of nitrogen functional groups attached to an aromatic ring is 1. The molecule has 1 heterocycles. The maximum Gasteiger partial charge on any atom is 0.255 e. The summed E-state index contributed by atoms with van der Waals surface area (Å²) in [4.78, 5) is 3.96. The van der Waals surface area contributed by atoms with Crippen molar-refractivity contribution in [3.63, 3.8) is 0 Å². The van der Waals surface area contributed by atoms with Crippen molar-refractivity contribution < 1.29 is 8.81 Å². The first-order chi connectivity index (χ1) is 7.25. The lowest BCUT2D eigenvalue weighted by Crippen LogP contribution is -1.93. The third kappa shape index (κ3) is 2.50. The van der Waals surface area contributed by atoms with E-state index in [2.05, 4.69) is 4.98 Å². The SMILES string of the molecule is Nc1cc(F)ccc1CSc1ncco1. The summed E-state index contributed by atoms with van der Waals surface area (Å²) in [5.74, 6) is 0.296. The molecule has 0 aliphatic heterocycles. The Hall–Kier alpha value is -1.49. The van der Waals surface area contributed by atoms with Crippen LogP contribution in [0.2, 0.25) is 0 Å². The zero-order valence-corrected chi connectivity index (χ0v) is 8.63. The van der Waals surface area contributed by atoms with Crippen LogP contribution >= 0.6 is 11.8 Å². The minimum absolute atomic E-state index is 0.322. The number of benzene rings is 1. The van der Waals surface area contributed by atoms with Crippen LogP contribution in [0.4, 0.5) is 10.1 Å². The molecular formula is C10H9FN2OS. The summed E-state index contributed by atoms with van der Waals surface area (Å²) in [7, 11) is 0. The van der Waals surface area contributed by atoms with Gasteiger partial charge in [0.2, 0.25) is 0 Å². The van der Waals surface area contributed by atoms with E-state index in [0.717, 1.165) is 5.56 Å². The third-order valence-corrected chi connectivity index (χ3v) is 2.77. The van der Waals surface area contributed by atoms with E-state index in [0.29, 0.717) is 16.7 Å². The molecule has 0 amide bonds. The second-order valence-electron chi connectivity index (χ2n) is 2.93. The van der Waals surface area contributed by atoms with Gasteiger partial charge < -0.3 is 10.2 Å². The minimum atomic E-state index is -0.322. The average molecular weight is 224 g/mol. The van der Waals surface area contributed by atoms with E-state index in [4.69, 9.17) is 10.2 Å². The lowest BCUT2D eigenvalue weighted by Gasteiger charge is -2.03. The maximum absolute atomic E-state index is 12.7. The van der Waals surface area contributed by atoms with Gasteiger partial charge in [0.15, 0.2) is 0 Å². The van der Waals surface area contributed by atoms with Crippen molar-refractivity contribution in [2.75, 3.05) is 5.73 Å². The van der Waals surface area contributed by atoms with Gasteiger partial charge in [-0.2, -0.15) is 0 Å². The highest BCUT2D eigenvalue weighted by Crippen LogP contribution is 2.24. The molecule has 0 aliphatic rings. The molecular weight excluding hydrogens is 215 g/mol. The molecule has 0 unspecified atom stereocenters. The van der Waals surface area contributed by atoms with Gasteiger partial charge in [0.25, 0.3) is 5.22 Å². The van der Waals surface area contributed by atoms with Crippen LogP contribution in [0.3, 0.4) is 0 Å². The quantitative estimate of drug-likeness (QED) is 0.643. The normalized spacial score (nSPS) is 10.5. The van der Waals surface area contributed by atoms with Crippen molar-refractivity contribution >= 4 is 17.4 Å². The first-order valence-corrected chi connectivity index (χ1v) is 5.30. The van der Waals surface area contributed by atoms with E-state index >= 15 is 0 Å². The molecule has 0 spiro atoms. The van der Waals surface area contributed by atoms with E-state index in [9.17, 15) is 4.39 Å². The van der Waals surface area contributed by atoms with Crippen molar-refractivity contribution in [2.45, 2.75) is 11.0 Å². The summed E-state index contributed by atoms with van der Waals surface area (Å²) in [6, 6.07) is 4.37. The standard InChI is InChI=1S/C10H9FN2OS/c11-8-2-1-7(9(12)5-8)6-15-10-13-3-4-14-10/h1-5H,6,12H2. The van der Waals surface area contributed by atoms with Crippen LogP contribution in [0.15, 0.2) is 40.3 Å². The average Bonchev–Trinajstić information content (AvgIpc) is 2.69. The fourth-order valence-electron chi connectivity index (χ4n) is 1.12. The molecule has 0 saturated carbocycles. The highest BCUT2D eigenvalue weighted by Gasteiger charge is 2.04. The lowest BCUT2D eigenvalue weighted by atomic mass is 10.2. The molecule has 1 aromatic carbocycles. The Morgan fingerprint density at radius 1 is 1.47 bits per heavy atom. The number of oxazole rings is 1. The number of thioether (sulfide) groups is 1. The molecule has 3 nitrogen and oxygen atoms in total. The molecule has 0 bridgehead atoms. The highest BCUT2D eigenvalue weighted by atomic mass is 32.2. The topological polar surface area (TPSA) is 52.0 Å². The van der Waals surface area contributed by atoms with Crippen molar-refractivity contribution in [2.24, 2.45) is 0 Å². The molecule has 0 saturated heterocycles. The van der Waals surface area contributed by atoms with Gasteiger partial charge in [0.05, 0.1) is 6.20 Å². The molecule has 2 N–H and O–H groups in total. The summed E-state index contributed by atoms with van der Waals surface area (Å²) in [6.45, 7) is 0. The summed E-state index contributed by atoms with van der Waals surface area (Å²) < 4.78 is 17.8. The van der Waals surface area contributed by atoms with E-state index in [1.54, 1.807) is 12.3 Å². The number of hydrogen-bond donors (Lipinski definition) is 1. The predicted octanol–water partition coefficient (Wildman–Crippen LogP) is 2.69. The van der Waals surface area contributed by atoms with Gasteiger partial charge in [0, 0.05) is 11.4 Å². The first-order valence-electron chi connectivity index (χ1n) is 4.32. The van der Waals surface area contributed by atoms with Gasteiger partial charge in [-0.25, -0.2) is 9.37 Å². The highest BCUT2D eigenvalue weighted by molar-refractivity contribution is 7.98. The summed E-state index contributed by atoms with van der Waals surface area (Å²) in [6.07, 6.45) is 3.09. The van der Waals surface area contributed by atoms with Crippen molar-refractivity contribution in [3.05, 3.63) is 42.0 Å². The molecule has 15 heavy (non-hydrogen) atoms. The van der Waals surface area contributed by atoms with Crippen LogP contribution < -0.4 is 5.73 Å². The van der Waals surface area contributed by atoms with Crippen LogP contribution in [0, 0.1) is 5.82 Å². The summed E-state index contributed by atoms with van der Waals surface area (Å²) in [5, 5.41) is 0.582. The number of aromatic nitrogens is 1. The molecule has 78 valence electrons. The summed E-state index contributed by atoms with van der Waals surface area (Å²) >= 11 is 1.42. The summed E-state index contributed by atoms with van der Waals surface area (Å²) in [5.41, 5.74) is 6.98. The minimum Gasteiger partial charge on any atom is -0.440 e. The van der Waals surface area contributed by atoms with Crippen molar-refractivity contribution in [3.8, 4) is 0 Å². The molecule has 0 atom stereocenters. The number of nitrogens with zero attached hydrogens (tertiary/aromatic N) is 1. The zero-order valence-electron chi connectivity index (χ0n) is 7.81. The van der Waals surface area contributed by atoms with E-state index in [-0.39, 0.29) is 5.82 Å². The van der Waals surface area contributed by atoms with E-state index < -0.39 is 0 Å². The Morgan fingerprint density at radius 2 is 2.33 bits per heavy atom. The van der Waals surface area contributed by atoms with Gasteiger partial charge in [-0.3, -0.25) is 0 Å². The Labute approximate surface area is 90.5 Å². The van der Waals surface area contributed by atoms with Gasteiger partial charge in [-0.05, 0) is 17.7 Å². The van der Waals surface area contributed by atoms with Crippen molar-refractivity contribution in [1.82, 2.24) is 4.98 Å². The molecule has 1 aromatic heterocycles. The molecule has 2 aromatic rings. The molecule has 5 heteroatoms. The van der Waals surface area contributed by atoms with E-state index in [1.165, 1.54) is 30.2 Å².